The molecule has 3 aliphatic carbocycles. The van der Waals surface area contributed by atoms with Gasteiger partial charge in [-0.25, -0.2) is 4.79 Å². The average molecular weight is 556 g/mol. The Morgan fingerprint density at radius 1 is 1.00 bits per heavy atom. The highest BCUT2D eigenvalue weighted by Gasteiger charge is 2.60. The standard InChI is InChI=1S/C34H53NO5/c1-7-8-21-34(6)30-20-22-33(5)28(24(4)11-9-10-23(2)3)17-18-29(33)27(30)16-19-31(34)40-32(36)39-26-14-12-25(13-15-26)35(37)38/h12-15,23-24,27-31H,7-11,16-22H2,1-6H3/t24-,27+,28?,29?,30?,31-,33-,34-/m1/s1. The lowest BCUT2D eigenvalue weighted by Gasteiger charge is -2.59. The lowest BCUT2D eigenvalue weighted by Crippen LogP contribution is -2.55. The molecule has 3 saturated carbocycles. The third-order valence-corrected chi connectivity index (χ3v) is 11.5. The van der Waals surface area contributed by atoms with Crippen LogP contribution in [0.25, 0.3) is 0 Å². The van der Waals surface area contributed by atoms with Crippen LogP contribution in [-0.4, -0.2) is 17.2 Å². The monoisotopic (exact) mass is 555 g/mol. The lowest BCUT2D eigenvalue weighted by molar-refractivity contribution is -0.384. The molecule has 0 saturated heterocycles. The summed E-state index contributed by atoms with van der Waals surface area (Å²) in [5.74, 6) is 4.74. The number of benzene rings is 1. The molecule has 0 amide bonds. The Bertz CT molecular complexity index is 1010. The predicted molar refractivity (Wildman–Crippen MR) is 159 cm³/mol. The minimum Gasteiger partial charge on any atom is -0.430 e. The Hall–Kier alpha value is -2.11. The lowest BCUT2D eigenvalue weighted by atomic mass is 9.47. The normalized spacial score (nSPS) is 34.1. The summed E-state index contributed by atoms with van der Waals surface area (Å²) in [4.78, 5) is 23.4. The molecule has 1 aromatic carbocycles. The first-order valence-corrected chi connectivity index (χ1v) is 16.1. The maximum atomic E-state index is 12.9. The number of hydrogen-bond acceptors (Lipinski definition) is 5. The van der Waals surface area contributed by atoms with Crippen LogP contribution >= 0.6 is 0 Å². The summed E-state index contributed by atoms with van der Waals surface area (Å²) in [5.41, 5.74) is 0.345. The van der Waals surface area contributed by atoms with E-state index in [9.17, 15) is 14.9 Å². The molecule has 1 aromatic rings. The minimum absolute atomic E-state index is 0.0328. The molecule has 0 bridgehead atoms. The molecular formula is C34H53NO5. The second kappa shape index (κ2) is 12.8. The van der Waals surface area contributed by atoms with Crippen LogP contribution in [0, 0.1) is 56.5 Å². The van der Waals surface area contributed by atoms with Crippen molar-refractivity contribution in [2.24, 2.45) is 46.3 Å². The highest BCUT2D eigenvalue weighted by Crippen LogP contribution is 2.66. The Morgan fingerprint density at radius 3 is 2.38 bits per heavy atom. The number of unbranched alkanes of at least 4 members (excludes halogenated alkanes) is 1. The first kappa shape index (κ1) is 30.8. The van der Waals surface area contributed by atoms with E-state index in [1.54, 1.807) is 0 Å². The van der Waals surface area contributed by atoms with Gasteiger partial charge in [0, 0.05) is 17.5 Å². The van der Waals surface area contributed by atoms with E-state index in [-0.39, 0.29) is 23.0 Å². The van der Waals surface area contributed by atoms with E-state index in [0.29, 0.717) is 17.3 Å². The molecule has 6 heteroatoms. The van der Waals surface area contributed by atoms with Crippen molar-refractivity contribution >= 4 is 11.8 Å². The summed E-state index contributed by atoms with van der Waals surface area (Å²) in [6.45, 7) is 14.4. The van der Waals surface area contributed by atoms with Crippen molar-refractivity contribution in [3.63, 3.8) is 0 Å². The predicted octanol–water partition coefficient (Wildman–Crippen LogP) is 9.99. The maximum Gasteiger partial charge on any atom is 0.514 e. The van der Waals surface area contributed by atoms with Crippen LogP contribution in [0.5, 0.6) is 5.75 Å². The first-order chi connectivity index (χ1) is 19.0. The number of carbonyl (C=O) groups is 1. The highest BCUT2D eigenvalue weighted by atomic mass is 16.7. The van der Waals surface area contributed by atoms with Gasteiger partial charge < -0.3 is 9.47 Å². The van der Waals surface area contributed by atoms with Crippen molar-refractivity contribution in [3.05, 3.63) is 34.4 Å². The van der Waals surface area contributed by atoms with Gasteiger partial charge in [0.15, 0.2) is 0 Å². The van der Waals surface area contributed by atoms with Gasteiger partial charge in [0.25, 0.3) is 5.69 Å². The topological polar surface area (TPSA) is 78.7 Å². The minimum atomic E-state index is -0.697. The van der Waals surface area contributed by atoms with Crippen molar-refractivity contribution in [3.8, 4) is 5.75 Å². The van der Waals surface area contributed by atoms with E-state index >= 15 is 0 Å². The molecule has 4 rings (SSSR count). The van der Waals surface area contributed by atoms with Crippen LogP contribution in [0.1, 0.15) is 119 Å². The van der Waals surface area contributed by atoms with Gasteiger partial charge in [-0.3, -0.25) is 10.1 Å². The van der Waals surface area contributed by atoms with E-state index in [2.05, 4.69) is 41.5 Å². The zero-order valence-electron chi connectivity index (χ0n) is 25.8. The fourth-order valence-electron chi connectivity index (χ4n) is 9.42. The van der Waals surface area contributed by atoms with Gasteiger partial charge in [0.1, 0.15) is 11.9 Å². The van der Waals surface area contributed by atoms with Gasteiger partial charge in [0.2, 0.25) is 0 Å². The first-order valence-electron chi connectivity index (χ1n) is 16.1. The Balaban J connectivity index is 1.45. The van der Waals surface area contributed by atoms with E-state index in [1.165, 1.54) is 69.2 Å². The van der Waals surface area contributed by atoms with E-state index in [4.69, 9.17) is 9.47 Å². The molecule has 8 atom stereocenters. The number of nitrogens with zero attached hydrogens (tertiary/aromatic N) is 1. The number of fused-ring (bicyclic) bond motifs is 3. The van der Waals surface area contributed by atoms with Gasteiger partial charge in [-0.2, -0.15) is 0 Å². The SMILES string of the molecule is CCCC[C@]1(C)C2CC[C@@]3(C)C(CCC3[C@H](C)CCCC(C)C)[C@@H]2CC[C@H]1OC(=O)Oc1ccc([N+](=O)[O-])cc1. The summed E-state index contributed by atoms with van der Waals surface area (Å²) >= 11 is 0. The van der Waals surface area contributed by atoms with Crippen LogP contribution in [0.4, 0.5) is 10.5 Å². The van der Waals surface area contributed by atoms with Crippen LogP contribution in [0.15, 0.2) is 24.3 Å². The van der Waals surface area contributed by atoms with Crippen LogP contribution in [-0.2, 0) is 4.74 Å². The van der Waals surface area contributed by atoms with E-state index in [1.807, 2.05) is 0 Å². The molecule has 0 spiro atoms. The summed E-state index contributed by atoms with van der Waals surface area (Å²) in [7, 11) is 0. The van der Waals surface area contributed by atoms with Gasteiger partial charge in [-0.05, 0) is 98.0 Å². The second-order valence-corrected chi connectivity index (χ2v) is 14.3. The maximum absolute atomic E-state index is 12.9. The summed E-state index contributed by atoms with van der Waals surface area (Å²) < 4.78 is 11.6. The molecule has 3 fully saturated rings. The van der Waals surface area contributed by atoms with Crippen molar-refractivity contribution < 1.29 is 19.2 Å². The molecular weight excluding hydrogens is 502 g/mol. The van der Waals surface area contributed by atoms with Crippen LogP contribution in [0.2, 0.25) is 0 Å². The second-order valence-electron chi connectivity index (χ2n) is 14.3. The molecule has 224 valence electrons. The van der Waals surface area contributed by atoms with Gasteiger partial charge in [-0.1, -0.05) is 73.6 Å². The fourth-order valence-corrected chi connectivity index (χ4v) is 9.42. The molecule has 40 heavy (non-hydrogen) atoms. The molecule has 6 nitrogen and oxygen atoms in total. The molecule has 0 aliphatic heterocycles. The highest BCUT2D eigenvalue weighted by molar-refractivity contribution is 5.64. The van der Waals surface area contributed by atoms with Crippen molar-refractivity contribution in [1.29, 1.82) is 0 Å². The Kier molecular flexibility index (Phi) is 9.88. The molecule has 0 radical (unpaired) electrons. The van der Waals surface area contributed by atoms with Gasteiger partial charge in [0.05, 0.1) is 4.92 Å². The average Bonchev–Trinajstić information content (AvgIpc) is 3.26. The zero-order valence-corrected chi connectivity index (χ0v) is 25.8. The number of carbonyl (C=O) groups excluding carboxylic acids is 1. The number of rotatable bonds is 11. The van der Waals surface area contributed by atoms with Gasteiger partial charge in [-0.15, -0.1) is 0 Å². The van der Waals surface area contributed by atoms with E-state index < -0.39 is 11.1 Å². The van der Waals surface area contributed by atoms with Crippen LogP contribution in [0.3, 0.4) is 0 Å². The molecule has 0 aromatic heterocycles. The Morgan fingerprint density at radius 2 is 1.73 bits per heavy atom. The number of hydrogen-bond donors (Lipinski definition) is 0. The third kappa shape index (κ3) is 6.36. The number of non-ortho nitro benzene ring substituents is 1. The Labute approximate surface area is 242 Å². The van der Waals surface area contributed by atoms with Crippen molar-refractivity contribution in [1.82, 2.24) is 0 Å². The number of ether oxygens (including phenoxy) is 2. The fraction of sp³-hybridized carbons (Fsp3) is 0.794. The van der Waals surface area contributed by atoms with Gasteiger partial charge >= 0.3 is 6.16 Å². The van der Waals surface area contributed by atoms with Crippen molar-refractivity contribution in [2.45, 2.75) is 125 Å². The molecule has 0 N–H and O–H groups in total. The number of nitro benzene ring substituents is 1. The summed E-state index contributed by atoms with van der Waals surface area (Å²) in [6.07, 6.45) is 13.8. The third-order valence-electron chi connectivity index (χ3n) is 11.5. The summed E-state index contributed by atoms with van der Waals surface area (Å²) in [5, 5.41) is 10.9. The molecule has 3 unspecified atom stereocenters. The quantitative estimate of drug-likeness (QED) is 0.117. The largest absolute Gasteiger partial charge is 0.514 e. The number of nitro groups is 1. The summed E-state index contributed by atoms with van der Waals surface area (Å²) in [6, 6.07) is 5.60. The van der Waals surface area contributed by atoms with Crippen molar-refractivity contribution in [2.75, 3.05) is 0 Å². The molecule has 3 aliphatic rings. The molecule has 0 heterocycles. The smallest absolute Gasteiger partial charge is 0.430 e. The van der Waals surface area contributed by atoms with E-state index in [0.717, 1.165) is 55.8 Å². The van der Waals surface area contributed by atoms with Crippen LogP contribution < -0.4 is 4.74 Å². The zero-order chi connectivity index (χ0) is 29.1.